The van der Waals surface area contributed by atoms with Gasteiger partial charge in [0.25, 0.3) is 0 Å². The fourth-order valence-electron chi connectivity index (χ4n) is 4.14. The summed E-state index contributed by atoms with van der Waals surface area (Å²) in [6, 6.07) is 17.7. The predicted molar refractivity (Wildman–Crippen MR) is 142 cm³/mol. The number of nitrogens with zero attached hydrogens (tertiary/aromatic N) is 4. The van der Waals surface area contributed by atoms with Gasteiger partial charge in [-0.15, -0.1) is 0 Å². The highest BCUT2D eigenvalue weighted by Crippen LogP contribution is 2.40. The van der Waals surface area contributed by atoms with E-state index in [1.54, 1.807) is 0 Å². The monoisotopic (exact) mass is 525 g/mol. The third-order valence-corrected chi connectivity index (χ3v) is 7.17. The maximum atomic E-state index is 13.3. The Hall–Kier alpha value is -4.67. The molecular weight excluding hydrogens is 502 g/mol. The number of imide groups is 1. The Morgan fingerprint density at radius 1 is 1.08 bits per heavy atom. The number of amides is 2. The number of hydrogen-bond acceptors (Lipinski definition) is 9. The number of carbonyl (C=O) groups excluding carboxylic acids is 3. The van der Waals surface area contributed by atoms with Crippen LogP contribution in [-0.2, 0) is 14.4 Å². The molecule has 1 unspecified atom stereocenters. The van der Waals surface area contributed by atoms with Gasteiger partial charge in [-0.05, 0) is 41.3 Å². The lowest BCUT2D eigenvalue weighted by Gasteiger charge is -2.17. The SMILES string of the molecule is CC(=O)Oc1ccc(N2C(=O)CC(Sc3nc(N)c(C#N)c(-c4ccc(C(C)C)cc4)c3C#N)C2=O)cc1. The van der Waals surface area contributed by atoms with Crippen molar-refractivity contribution in [2.75, 3.05) is 10.6 Å². The number of nitriles is 2. The molecule has 3 aromatic rings. The van der Waals surface area contributed by atoms with E-state index in [2.05, 4.69) is 24.9 Å². The second kappa shape index (κ2) is 10.8. The number of thioether (sulfide) groups is 1. The summed E-state index contributed by atoms with van der Waals surface area (Å²) >= 11 is 0.970. The van der Waals surface area contributed by atoms with E-state index in [-0.39, 0.29) is 34.1 Å². The van der Waals surface area contributed by atoms with Crippen LogP contribution in [0.15, 0.2) is 53.6 Å². The fraction of sp³-hybridized carbons (Fsp3) is 0.214. The lowest BCUT2D eigenvalue weighted by molar-refractivity contribution is -0.132. The van der Waals surface area contributed by atoms with Crippen LogP contribution in [0.4, 0.5) is 11.5 Å². The number of esters is 1. The van der Waals surface area contributed by atoms with Gasteiger partial charge >= 0.3 is 5.97 Å². The van der Waals surface area contributed by atoms with Crippen LogP contribution in [0.25, 0.3) is 11.1 Å². The van der Waals surface area contributed by atoms with Gasteiger partial charge in [-0.2, -0.15) is 10.5 Å². The van der Waals surface area contributed by atoms with Crippen LogP contribution in [0, 0.1) is 22.7 Å². The minimum Gasteiger partial charge on any atom is -0.427 e. The van der Waals surface area contributed by atoms with Gasteiger partial charge in [0.05, 0.1) is 16.5 Å². The van der Waals surface area contributed by atoms with Crippen molar-refractivity contribution in [3.8, 4) is 29.0 Å². The number of rotatable bonds is 6. The molecule has 0 aliphatic carbocycles. The average Bonchev–Trinajstić information content (AvgIpc) is 3.16. The standard InChI is InChI=1S/C28H23N5O4S/c1-15(2)17-4-6-18(7-5-17)25-21(13-29)26(31)32-27(22(25)14-30)38-23-12-24(35)33(28(23)36)19-8-10-20(11-9-19)37-16(3)34/h4-11,15,23H,12H2,1-3H3,(H2,31,32). The molecule has 1 aromatic heterocycles. The summed E-state index contributed by atoms with van der Waals surface area (Å²) < 4.78 is 5.00. The van der Waals surface area contributed by atoms with Gasteiger partial charge in [0.2, 0.25) is 11.8 Å². The van der Waals surface area contributed by atoms with Crippen LogP contribution in [0.1, 0.15) is 49.8 Å². The topological polar surface area (TPSA) is 150 Å². The minimum absolute atomic E-state index is 0.0633. The Bertz CT molecular complexity index is 1520. The molecule has 10 heteroatoms. The smallest absolute Gasteiger partial charge is 0.308 e. The minimum atomic E-state index is -0.848. The van der Waals surface area contributed by atoms with Crippen molar-refractivity contribution in [2.24, 2.45) is 0 Å². The van der Waals surface area contributed by atoms with E-state index in [1.165, 1.54) is 31.2 Å². The van der Waals surface area contributed by atoms with Crippen molar-refractivity contribution < 1.29 is 19.1 Å². The predicted octanol–water partition coefficient (Wildman–Crippen LogP) is 4.55. The van der Waals surface area contributed by atoms with Gasteiger partial charge in [-0.25, -0.2) is 9.88 Å². The number of nitrogens with two attached hydrogens (primary N) is 1. The molecule has 38 heavy (non-hydrogen) atoms. The van der Waals surface area contributed by atoms with E-state index in [4.69, 9.17) is 10.5 Å². The van der Waals surface area contributed by atoms with Crippen LogP contribution >= 0.6 is 11.8 Å². The summed E-state index contributed by atoms with van der Waals surface area (Å²) in [5, 5.41) is 19.2. The molecule has 0 saturated carbocycles. The number of ether oxygens (including phenoxy) is 1. The lowest BCUT2D eigenvalue weighted by atomic mass is 9.94. The highest BCUT2D eigenvalue weighted by atomic mass is 32.2. The molecule has 2 aromatic carbocycles. The summed E-state index contributed by atoms with van der Waals surface area (Å²) in [4.78, 5) is 42.5. The Kier molecular flexibility index (Phi) is 7.47. The van der Waals surface area contributed by atoms with E-state index in [1.807, 2.05) is 30.3 Å². The Morgan fingerprint density at radius 2 is 1.71 bits per heavy atom. The van der Waals surface area contributed by atoms with E-state index in [0.717, 1.165) is 22.2 Å². The average molecular weight is 526 g/mol. The van der Waals surface area contributed by atoms with Crippen LogP contribution in [0.5, 0.6) is 5.75 Å². The molecule has 0 bridgehead atoms. The largest absolute Gasteiger partial charge is 0.427 e. The quantitative estimate of drug-likeness (QED) is 0.278. The van der Waals surface area contributed by atoms with Crippen LogP contribution < -0.4 is 15.4 Å². The zero-order valence-electron chi connectivity index (χ0n) is 20.9. The Labute approximate surface area is 223 Å². The molecule has 1 saturated heterocycles. The molecule has 1 atom stereocenters. The van der Waals surface area contributed by atoms with E-state index < -0.39 is 23.0 Å². The molecule has 2 N–H and O–H groups in total. The van der Waals surface area contributed by atoms with Gasteiger partial charge < -0.3 is 10.5 Å². The van der Waals surface area contributed by atoms with Crippen LogP contribution in [0.3, 0.4) is 0 Å². The number of hydrogen-bond donors (Lipinski definition) is 1. The third kappa shape index (κ3) is 5.08. The van der Waals surface area contributed by atoms with E-state index in [9.17, 15) is 24.9 Å². The second-order valence-electron chi connectivity index (χ2n) is 8.89. The lowest BCUT2D eigenvalue weighted by Crippen LogP contribution is -2.31. The van der Waals surface area contributed by atoms with Crippen molar-refractivity contribution in [1.82, 2.24) is 4.98 Å². The Balaban J connectivity index is 1.68. The van der Waals surface area contributed by atoms with Gasteiger partial charge in [0.15, 0.2) is 0 Å². The van der Waals surface area contributed by atoms with Gasteiger partial charge in [0.1, 0.15) is 34.3 Å². The fourth-order valence-corrected chi connectivity index (χ4v) is 5.26. The summed E-state index contributed by atoms with van der Waals surface area (Å²) in [5.41, 5.74) is 8.71. The maximum absolute atomic E-state index is 13.3. The second-order valence-corrected chi connectivity index (χ2v) is 10.1. The molecule has 0 spiro atoms. The first-order valence-corrected chi connectivity index (χ1v) is 12.6. The summed E-state index contributed by atoms with van der Waals surface area (Å²) in [6.45, 7) is 5.40. The third-order valence-electron chi connectivity index (χ3n) is 6.00. The number of nitrogen functional groups attached to an aromatic ring is 1. The zero-order valence-corrected chi connectivity index (χ0v) is 21.7. The van der Waals surface area contributed by atoms with E-state index >= 15 is 0 Å². The number of anilines is 2. The Morgan fingerprint density at radius 3 is 2.26 bits per heavy atom. The van der Waals surface area contributed by atoms with Crippen LogP contribution in [-0.4, -0.2) is 28.0 Å². The van der Waals surface area contributed by atoms with Gasteiger partial charge in [0, 0.05) is 18.9 Å². The molecule has 190 valence electrons. The summed E-state index contributed by atoms with van der Waals surface area (Å²) in [7, 11) is 0. The number of benzene rings is 2. The highest BCUT2D eigenvalue weighted by Gasteiger charge is 2.41. The summed E-state index contributed by atoms with van der Waals surface area (Å²) in [6.07, 6.45) is -0.111. The number of aromatic nitrogens is 1. The normalized spacial score (nSPS) is 14.9. The highest BCUT2D eigenvalue weighted by molar-refractivity contribution is 8.00. The van der Waals surface area contributed by atoms with Crippen molar-refractivity contribution in [1.29, 1.82) is 10.5 Å². The molecular formula is C28H23N5O4S. The van der Waals surface area contributed by atoms with Gasteiger partial charge in [-0.3, -0.25) is 14.4 Å². The molecule has 0 radical (unpaired) electrons. The van der Waals surface area contributed by atoms with Gasteiger partial charge in [-0.1, -0.05) is 49.9 Å². The van der Waals surface area contributed by atoms with Crippen molar-refractivity contribution in [3.63, 3.8) is 0 Å². The molecule has 9 nitrogen and oxygen atoms in total. The van der Waals surface area contributed by atoms with Crippen molar-refractivity contribution in [3.05, 3.63) is 65.2 Å². The first-order valence-electron chi connectivity index (χ1n) is 11.7. The number of carbonyl (C=O) groups is 3. The molecule has 2 amide bonds. The molecule has 1 fully saturated rings. The molecule has 1 aliphatic heterocycles. The van der Waals surface area contributed by atoms with Crippen molar-refractivity contribution in [2.45, 2.75) is 43.4 Å². The molecule has 1 aliphatic rings. The first-order chi connectivity index (χ1) is 18.1. The maximum Gasteiger partial charge on any atom is 0.308 e. The first kappa shape index (κ1) is 26.4. The van der Waals surface area contributed by atoms with Crippen LogP contribution in [0.2, 0.25) is 0 Å². The summed E-state index contributed by atoms with van der Waals surface area (Å²) in [5.74, 6) is -0.854. The number of pyridine rings is 1. The zero-order chi connectivity index (χ0) is 27.6. The van der Waals surface area contributed by atoms with E-state index in [0.29, 0.717) is 22.7 Å². The molecule has 2 heterocycles. The van der Waals surface area contributed by atoms with Crippen molar-refractivity contribution >= 4 is 41.1 Å². The molecule has 4 rings (SSSR count).